The van der Waals surface area contributed by atoms with E-state index in [9.17, 15) is 29.1 Å². The van der Waals surface area contributed by atoms with Crippen molar-refractivity contribution in [1.29, 1.82) is 0 Å². The third kappa shape index (κ3) is 9.88. The molecule has 0 aromatic heterocycles. The molecular formula is C18H30N2O9. The van der Waals surface area contributed by atoms with E-state index in [0.29, 0.717) is 6.42 Å². The Balaban J connectivity index is 4.81. The van der Waals surface area contributed by atoms with Gasteiger partial charge in [0.05, 0.1) is 19.0 Å². The molecule has 2 atom stereocenters. The van der Waals surface area contributed by atoms with Crippen molar-refractivity contribution in [2.24, 2.45) is 11.3 Å². The second-order valence-corrected chi connectivity index (χ2v) is 7.48. The minimum absolute atomic E-state index is 0.0662. The van der Waals surface area contributed by atoms with Crippen LogP contribution in [0, 0.1) is 11.3 Å². The average molecular weight is 418 g/mol. The summed E-state index contributed by atoms with van der Waals surface area (Å²) < 4.78 is 0. The second-order valence-electron chi connectivity index (χ2n) is 7.48. The maximum atomic E-state index is 12.4. The SMILES string of the molecule is CCC(CC(C)(C)C(=O)NCCCC(C(=O)O)N(CC(=O)O)CC(=O)O)C(=O)O. The molecular weight excluding hydrogens is 388 g/mol. The van der Waals surface area contributed by atoms with Gasteiger partial charge in [-0.2, -0.15) is 0 Å². The number of nitrogens with one attached hydrogen (secondary N) is 1. The van der Waals surface area contributed by atoms with Gasteiger partial charge in [0.2, 0.25) is 5.91 Å². The number of rotatable bonds is 15. The molecule has 1 amide bonds. The van der Waals surface area contributed by atoms with E-state index in [0.717, 1.165) is 4.90 Å². The normalized spacial score (nSPS) is 13.5. The molecule has 0 aliphatic carbocycles. The molecule has 0 saturated heterocycles. The lowest BCUT2D eigenvalue weighted by Crippen LogP contribution is -2.47. The molecule has 0 bridgehead atoms. The van der Waals surface area contributed by atoms with Crippen molar-refractivity contribution in [1.82, 2.24) is 10.2 Å². The summed E-state index contributed by atoms with van der Waals surface area (Å²) in [6.45, 7) is 3.57. The Bertz CT molecular complexity index is 602. The fourth-order valence-electron chi connectivity index (χ4n) is 2.94. The van der Waals surface area contributed by atoms with Gasteiger partial charge in [-0.25, -0.2) is 0 Å². The molecule has 0 spiro atoms. The number of amides is 1. The summed E-state index contributed by atoms with van der Waals surface area (Å²) in [5.74, 6) is -6.07. The first-order chi connectivity index (χ1) is 13.3. The van der Waals surface area contributed by atoms with Crippen molar-refractivity contribution >= 4 is 29.8 Å². The van der Waals surface area contributed by atoms with Crippen LogP contribution in [0.3, 0.4) is 0 Å². The van der Waals surface area contributed by atoms with Crippen LogP contribution in [0.15, 0.2) is 0 Å². The first-order valence-corrected chi connectivity index (χ1v) is 9.23. The minimum atomic E-state index is -1.36. The molecule has 0 saturated carbocycles. The molecule has 0 aromatic carbocycles. The van der Waals surface area contributed by atoms with Crippen molar-refractivity contribution in [3.63, 3.8) is 0 Å². The number of carboxylic acids is 4. The van der Waals surface area contributed by atoms with E-state index in [-0.39, 0.29) is 31.7 Å². The lowest BCUT2D eigenvalue weighted by atomic mass is 9.81. The number of carbonyl (C=O) groups is 5. The number of nitrogens with zero attached hydrogens (tertiary/aromatic N) is 1. The molecule has 0 aliphatic heterocycles. The van der Waals surface area contributed by atoms with Crippen LogP contribution in [0.4, 0.5) is 0 Å². The molecule has 0 aliphatic rings. The highest BCUT2D eigenvalue weighted by molar-refractivity contribution is 5.82. The van der Waals surface area contributed by atoms with E-state index in [2.05, 4.69) is 5.32 Å². The van der Waals surface area contributed by atoms with Gasteiger partial charge in [0, 0.05) is 12.0 Å². The fraction of sp³-hybridized carbons (Fsp3) is 0.722. The van der Waals surface area contributed by atoms with E-state index in [4.69, 9.17) is 15.3 Å². The van der Waals surface area contributed by atoms with Gasteiger partial charge in [-0.3, -0.25) is 28.9 Å². The summed E-state index contributed by atoms with van der Waals surface area (Å²) >= 11 is 0. The molecule has 2 unspecified atom stereocenters. The summed E-state index contributed by atoms with van der Waals surface area (Å²) in [5, 5.41) is 38.8. The Morgan fingerprint density at radius 2 is 1.45 bits per heavy atom. The third-order valence-electron chi connectivity index (χ3n) is 4.56. The van der Waals surface area contributed by atoms with Crippen molar-refractivity contribution in [3.05, 3.63) is 0 Å². The van der Waals surface area contributed by atoms with Gasteiger partial charge in [0.15, 0.2) is 0 Å². The predicted molar refractivity (Wildman–Crippen MR) is 100 cm³/mol. The molecule has 0 rings (SSSR count). The Morgan fingerprint density at radius 1 is 0.931 bits per heavy atom. The Labute approximate surface area is 168 Å². The Hall–Kier alpha value is -2.69. The van der Waals surface area contributed by atoms with Gasteiger partial charge in [-0.15, -0.1) is 0 Å². The Kier molecular flexibility index (Phi) is 10.9. The monoisotopic (exact) mass is 418 g/mol. The van der Waals surface area contributed by atoms with E-state index >= 15 is 0 Å². The highest BCUT2D eigenvalue weighted by Crippen LogP contribution is 2.27. The smallest absolute Gasteiger partial charge is 0.320 e. The number of hydrogen-bond donors (Lipinski definition) is 5. The van der Waals surface area contributed by atoms with Gasteiger partial charge in [-0.05, 0) is 25.7 Å². The van der Waals surface area contributed by atoms with Crippen LogP contribution in [-0.2, 0) is 24.0 Å². The summed E-state index contributed by atoms with van der Waals surface area (Å²) in [6, 6.07) is -1.33. The third-order valence-corrected chi connectivity index (χ3v) is 4.56. The van der Waals surface area contributed by atoms with Crippen LogP contribution in [0.2, 0.25) is 0 Å². The van der Waals surface area contributed by atoms with E-state index in [1.807, 2.05) is 0 Å². The predicted octanol–water partition coefficient (Wildman–Crippen LogP) is 0.334. The van der Waals surface area contributed by atoms with E-state index in [1.165, 1.54) is 0 Å². The maximum Gasteiger partial charge on any atom is 0.320 e. The van der Waals surface area contributed by atoms with Gasteiger partial charge < -0.3 is 25.7 Å². The molecule has 11 heteroatoms. The Morgan fingerprint density at radius 3 is 1.83 bits per heavy atom. The molecule has 29 heavy (non-hydrogen) atoms. The summed E-state index contributed by atoms with van der Waals surface area (Å²) in [7, 11) is 0. The molecule has 0 aromatic rings. The van der Waals surface area contributed by atoms with E-state index in [1.54, 1.807) is 20.8 Å². The topological polar surface area (TPSA) is 182 Å². The largest absolute Gasteiger partial charge is 0.481 e. The van der Waals surface area contributed by atoms with Crippen molar-refractivity contribution in [3.8, 4) is 0 Å². The van der Waals surface area contributed by atoms with Gasteiger partial charge in [-0.1, -0.05) is 20.8 Å². The highest BCUT2D eigenvalue weighted by atomic mass is 16.4. The van der Waals surface area contributed by atoms with Crippen LogP contribution in [0.5, 0.6) is 0 Å². The van der Waals surface area contributed by atoms with Crippen LogP contribution in [-0.4, -0.2) is 80.8 Å². The van der Waals surface area contributed by atoms with Crippen LogP contribution in [0.25, 0.3) is 0 Å². The number of aliphatic carboxylic acids is 4. The van der Waals surface area contributed by atoms with Crippen molar-refractivity contribution < 1.29 is 44.4 Å². The minimum Gasteiger partial charge on any atom is -0.481 e. The zero-order valence-corrected chi connectivity index (χ0v) is 16.9. The highest BCUT2D eigenvalue weighted by Gasteiger charge is 2.33. The first-order valence-electron chi connectivity index (χ1n) is 9.23. The molecule has 166 valence electrons. The van der Waals surface area contributed by atoms with Gasteiger partial charge >= 0.3 is 23.9 Å². The maximum absolute atomic E-state index is 12.4. The molecule has 0 radical (unpaired) electrons. The van der Waals surface area contributed by atoms with Gasteiger partial charge in [0.25, 0.3) is 0 Å². The zero-order chi connectivity index (χ0) is 22.8. The van der Waals surface area contributed by atoms with Crippen LogP contribution in [0.1, 0.15) is 46.5 Å². The standard InChI is InChI=1S/C18H30N2O9/c1-4-11(15(25)26)8-18(2,3)17(29)19-7-5-6-12(16(27)28)20(9-13(21)22)10-14(23)24/h11-12H,4-10H2,1-3H3,(H,19,29)(H,21,22)(H,23,24)(H,25,26)(H,27,28). The first kappa shape index (κ1) is 26.3. The molecule has 0 fully saturated rings. The van der Waals surface area contributed by atoms with Gasteiger partial charge in [0.1, 0.15) is 6.04 Å². The average Bonchev–Trinajstić information content (AvgIpc) is 2.57. The molecule has 0 heterocycles. The molecule has 5 N–H and O–H groups in total. The second kappa shape index (κ2) is 12.0. The summed E-state index contributed by atoms with van der Waals surface area (Å²) in [6.07, 6.45) is 0.636. The number of carboxylic acid groups (broad SMARTS) is 4. The lowest BCUT2D eigenvalue weighted by molar-refractivity contribution is -0.149. The van der Waals surface area contributed by atoms with Crippen molar-refractivity contribution in [2.45, 2.75) is 52.5 Å². The summed E-state index contributed by atoms with van der Waals surface area (Å²) in [4.78, 5) is 57.6. The number of hydrogen-bond acceptors (Lipinski definition) is 6. The van der Waals surface area contributed by atoms with Crippen LogP contribution >= 0.6 is 0 Å². The zero-order valence-electron chi connectivity index (χ0n) is 16.9. The van der Waals surface area contributed by atoms with Crippen molar-refractivity contribution in [2.75, 3.05) is 19.6 Å². The lowest BCUT2D eigenvalue weighted by Gasteiger charge is -2.27. The fourth-order valence-corrected chi connectivity index (χ4v) is 2.94. The quantitative estimate of drug-likeness (QED) is 0.232. The molecule has 11 nitrogen and oxygen atoms in total. The number of carbonyl (C=O) groups excluding carboxylic acids is 1. The van der Waals surface area contributed by atoms with Crippen LogP contribution < -0.4 is 5.32 Å². The van der Waals surface area contributed by atoms with E-state index < -0.39 is 54.3 Å². The summed E-state index contributed by atoms with van der Waals surface area (Å²) in [5.41, 5.74) is -0.941.